The molecule has 0 saturated heterocycles. The Bertz CT molecular complexity index is 344. The fourth-order valence-electron chi connectivity index (χ4n) is 2.96. The first-order valence-corrected chi connectivity index (χ1v) is 8.86. The highest BCUT2D eigenvalue weighted by atomic mass is 79.9. The molecule has 2 rings (SSSR count). The summed E-state index contributed by atoms with van der Waals surface area (Å²) in [4.78, 5) is 1.48. The van der Waals surface area contributed by atoms with E-state index in [2.05, 4.69) is 39.7 Å². The Balaban J connectivity index is 1.76. The predicted molar refractivity (Wildman–Crippen MR) is 84.4 cm³/mol. The van der Waals surface area contributed by atoms with E-state index < -0.39 is 0 Å². The third kappa shape index (κ3) is 4.36. The summed E-state index contributed by atoms with van der Waals surface area (Å²) in [5.41, 5.74) is 0. The molecular weight excluding hydrogens is 306 g/mol. The van der Waals surface area contributed by atoms with Crippen LogP contribution in [0.15, 0.2) is 15.9 Å². The van der Waals surface area contributed by atoms with E-state index >= 15 is 0 Å². The van der Waals surface area contributed by atoms with E-state index in [1.807, 2.05) is 11.3 Å². The standard InChI is InChI=1S/C15H24BrNS/c1-17-13(11-15-14(16)9-10-18-15)8-7-12-5-3-2-4-6-12/h9-10,12-13,17H,2-8,11H2,1H3. The highest BCUT2D eigenvalue weighted by molar-refractivity contribution is 9.10. The van der Waals surface area contributed by atoms with Crippen molar-refractivity contribution in [1.29, 1.82) is 0 Å². The summed E-state index contributed by atoms with van der Waals surface area (Å²) in [5.74, 6) is 1.00. The van der Waals surface area contributed by atoms with E-state index in [1.165, 1.54) is 60.7 Å². The van der Waals surface area contributed by atoms with Crippen LogP contribution in [0.3, 0.4) is 0 Å². The molecular formula is C15H24BrNS. The lowest BCUT2D eigenvalue weighted by molar-refractivity contribution is 0.316. The van der Waals surface area contributed by atoms with Gasteiger partial charge in [-0.1, -0.05) is 32.1 Å². The summed E-state index contributed by atoms with van der Waals surface area (Å²) in [6.45, 7) is 0. The van der Waals surface area contributed by atoms with Crippen molar-refractivity contribution in [2.45, 2.75) is 57.4 Å². The van der Waals surface area contributed by atoms with Crippen LogP contribution in [-0.4, -0.2) is 13.1 Å². The maximum atomic E-state index is 3.63. The zero-order valence-corrected chi connectivity index (χ0v) is 13.7. The Kier molecular flexibility index (Phi) is 6.19. The number of hydrogen-bond acceptors (Lipinski definition) is 2. The van der Waals surface area contributed by atoms with Crippen molar-refractivity contribution in [3.63, 3.8) is 0 Å². The van der Waals surface area contributed by atoms with Crippen LogP contribution < -0.4 is 5.32 Å². The Morgan fingerprint density at radius 1 is 1.39 bits per heavy atom. The lowest BCUT2D eigenvalue weighted by atomic mass is 9.85. The summed E-state index contributed by atoms with van der Waals surface area (Å²) in [5, 5.41) is 5.67. The molecule has 0 aliphatic heterocycles. The zero-order valence-electron chi connectivity index (χ0n) is 11.3. The van der Waals surface area contributed by atoms with Crippen LogP contribution in [0.4, 0.5) is 0 Å². The minimum Gasteiger partial charge on any atom is -0.317 e. The normalized spacial score (nSPS) is 19.0. The van der Waals surface area contributed by atoms with Crippen LogP contribution in [0.2, 0.25) is 0 Å². The number of rotatable bonds is 6. The summed E-state index contributed by atoms with van der Waals surface area (Å²) in [7, 11) is 2.10. The molecule has 1 unspecified atom stereocenters. The predicted octanol–water partition coefficient (Wildman–Crippen LogP) is 5.00. The van der Waals surface area contributed by atoms with Gasteiger partial charge in [-0.3, -0.25) is 0 Å². The van der Waals surface area contributed by atoms with Gasteiger partial charge < -0.3 is 5.32 Å². The molecule has 1 N–H and O–H groups in total. The average molecular weight is 330 g/mol. The number of nitrogens with one attached hydrogen (secondary N) is 1. The molecule has 0 amide bonds. The highest BCUT2D eigenvalue weighted by Crippen LogP contribution is 2.29. The third-order valence-electron chi connectivity index (χ3n) is 4.18. The Labute approximate surface area is 123 Å². The Morgan fingerprint density at radius 3 is 2.78 bits per heavy atom. The molecule has 0 aromatic carbocycles. The van der Waals surface area contributed by atoms with E-state index in [0.29, 0.717) is 6.04 Å². The van der Waals surface area contributed by atoms with Gasteiger partial charge in [0.2, 0.25) is 0 Å². The van der Waals surface area contributed by atoms with Gasteiger partial charge in [0.15, 0.2) is 0 Å². The van der Waals surface area contributed by atoms with Gasteiger partial charge in [-0.15, -0.1) is 11.3 Å². The van der Waals surface area contributed by atoms with E-state index in [0.717, 1.165) is 5.92 Å². The fourth-order valence-corrected chi connectivity index (χ4v) is 4.55. The molecule has 1 fully saturated rings. The summed E-state index contributed by atoms with van der Waals surface area (Å²) in [6.07, 6.45) is 11.2. The van der Waals surface area contributed by atoms with Gasteiger partial charge in [0.25, 0.3) is 0 Å². The van der Waals surface area contributed by atoms with Crippen molar-refractivity contribution in [1.82, 2.24) is 5.32 Å². The first kappa shape index (κ1) is 14.5. The van der Waals surface area contributed by atoms with Crippen LogP contribution in [0, 0.1) is 5.92 Å². The number of likely N-dealkylation sites (N-methyl/N-ethyl adjacent to an activating group) is 1. The molecule has 1 aromatic rings. The second kappa shape index (κ2) is 7.66. The summed E-state index contributed by atoms with van der Waals surface area (Å²) >= 11 is 5.50. The molecule has 1 aliphatic carbocycles. The SMILES string of the molecule is CNC(CCC1CCCCC1)Cc1sccc1Br. The highest BCUT2D eigenvalue weighted by Gasteiger charge is 2.16. The summed E-state index contributed by atoms with van der Waals surface area (Å²) in [6, 6.07) is 2.80. The molecule has 1 nitrogen and oxygen atoms in total. The van der Waals surface area contributed by atoms with Gasteiger partial charge in [-0.05, 0) is 59.6 Å². The van der Waals surface area contributed by atoms with Gasteiger partial charge in [-0.2, -0.15) is 0 Å². The number of halogens is 1. The quantitative estimate of drug-likeness (QED) is 0.774. The van der Waals surface area contributed by atoms with E-state index in [9.17, 15) is 0 Å². The van der Waals surface area contributed by atoms with Crippen molar-refractivity contribution in [2.75, 3.05) is 7.05 Å². The second-order valence-electron chi connectivity index (χ2n) is 5.46. The van der Waals surface area contributed by atoms with Crippen LogP contribution >= 0.6 is 27.3 Å². The number of thiophene rings is 1. The zero-order chi connectivity index (χ0) is 12.8. The molecule has 1 atom stereocenters. The lowest BCUT2D eigenvalue weighted by Crippen LogP contribution is -2.28. The van der Waals surface area contributed by atoms with Crippen molar-refractivity contribution in [2.24, 2.45) is 5.92 Å². The molecule has 1 heterocycles. The topological polar surface area (TPSA) is 12.0 Å². The van der Waals surface area contributed by atoms with Gasteiger partial charge >= 0.3 is 0 Å². The number of hydrogen-bond donors (Lipinski definition) is 1. The van der Waals surface area contributed by atoms with Crippen molar-refractivity contribution in [3.8, 4) is 0 Å². The lowest BCUT2D eigenvalue weighted by Gasteiger charge is -2.24. The molecule has 0 spiro atoms. The van der Waals surface area contributed by atoms with Gasteiger partial charge in [0, 0.05) is 15.4 Å². The van der Waals surface area contributed by atoms with E-state index in [1.54, 1.807) is 0 Å². The van der Waals surface area contributed by atoms with Crippen LogP contribution in [-0.2, 0) is 6.42 Å². The molecule has 0 radical (unpaired) electrons. The molecule has 1 aliphatic rings. The maximum absolute atomic E-state index is 3.63. The third-order valence-corrected chi connectivity index (χ3v) is 6.13. The molecule has 3 heteroatoms. The monoisotopic (exact) mass is 329 g/mol. The van der Waals surface area contributed by atoms with E-state index in [4.69, 9.17) is 0 Å². The van der Waals surface area contributed by atoms with E-state index in [-0.39, 0.29) is 0 Å². The smallest absolute Gasteiger partial charge is 0.0314 e. The van der Waals surface area contributed by atoms with Gasteiger partial charge in [0.1, 0.15) is 0 Å². The van der Waals surface area contributed by atoms with Crippen LogP contribution in [0.1, 0.15) is 49.8 Å². The van der Waals surface area contributed by atoms with Crippen molar-refractivity contribution < 1.29 is 0 Å². The Hall–Kier alpha value is 0.140. The average Bonchev–Trinajstić information content (AvgIpc) is 2.81. The minimum absolute atomic E-state index is 0.641. The van der Waals surface area contributed by atoms with Crippen LogP contribution in [0.25, 0.3) is 0 Å². The van der Waals surface area contributed by atoms with Crippen molar-refractivity contribution >= 4 is 27.3 Å². The molecule has 102 valence electrons. The maximum Gasteiger partial charge on any atom is 0.0314 e. The van der Waals surface area contributed by atoms with Crippen molar-refractivity contribution in [3.05, 3.63) is 20.8 Å². The molecule has 1 aromatic heterocycles. The van der Waals surface area contributed by atoms with Crippen LogP contribution in [0.5, 0.6) is 0 Å². The fraction of sp³-hybridized carbons (Fsp3) is 0.733. The van der Waals surface area contributed by atoms with Gasteiger partial charge in [-0.25, -0.2) is 0 Å². The van der Waals surface area contributed by atoms with Gasteiger partial charge in [0.05, 0.1) is 0 Å². The summed E-state index contributed by atoms with van der Waals surface area (Å²) < 4.78 is 1.28. The Morgan fingerprint density at radius 2 is 2.17 bits per heavy atom. The first-order valence-electron chi connectivity index (χ1n) is 7.18. The largest absolute Gasteiger partial charge is 0.317 e. The molecule has 1 saturated carbocycles. The molecule has 0 bridgehead atoms. The second-order valence-corrected chi connectivity index (χ2v) is 7.32. The minimum atomic E-state index is 0.641. The molecule has 18 heavy (non-hydrogen) atoms. The first-order chi connectivity index (χ1) is 8.79.